The summed E-state index contributed by atoms with van der Waals surface area (Å²) in [7, 11) is -1.45. The van der Waals surface area contributed by atoms with Crippen molar-refractivity contribution in [3.8, 4) is 0 Å². The second kappa shape index (κ2) is 9.14. The van der Waals surface area contributed by atoms with Gasteiger partial charge in [0.25, 0.3) is 0 Å². The quantitative estimate of drug-likeness (QED) is 0.386. The van der Waals surface area contributed by atoms with Crippen LogP contribution in [0.5, 0.6) is 0 Å². The Labute approximate surface area is 206 Å². The van der Waals surface area contributed by atoms with Gasteiger partial charge in [-0.1, -0.05) is 119 Å². The van der Waals surface area contributed by atoms with Gasteiger partial charge in [0.05, 0.1) is 0 Å². The van der Waals surface area contributed by atoms with Crippen molar-refractivity contribution in [2.45, 2.75) is 96.8 Å². The Bertz CT molecular complexity index is 921. The van der Waals surface area contributed by atoms with Crippen molar-refractivity contribution in [1.82, 2.24) is 0 Å². The molecule has 0 saturated heterocycles. The average Bonchev–Trinajstić information content (AvgIpc) is 2.69. The van der Waals surface area contributed by atoms with Crippen molar-refractivity contribution in [1.29, 1.82) is 0 Å². The first kappa shape index (κ1) is 27.5. The van der Waals surface area contributed by atoms with Crippen LogP contribution in [0.4, 0.5) is 0 Å². The Balaban J connectivity index is 2.62. The maximum atomic E-state index is 4.66. The molecule has 33 heavy (non-hydrogen) atoms. The molecule has 0 aromatic heterocycles. The predicted molar refractivity (Wildman–Crippen MR) is 152 cm³/mol. The molecule has 0 N–H and O–H groups in total. The Hall–Kier alpha value is -1.73. The van der Waals surface area contributed by atoms with E-state index in [2.05, 4.69) is 150 Å². The molecule has 0 bridgehead atoms. The van der Waals surface area contributed by atoms with Gasteiger partial charge < -0.3 is 0 Å². The molecule has 0 heterocycles. The highest BCUT2D eigenvalue weighted by Gasteiger charge is 2.32. The molecule has 2 rings (SSSR count). The highest BCUT2D eigenvalue weighted by Crippen LogP contribution is 2.65. The first-order chi connectivity index (χ1) is 14.8. The SMILES string of the molecule is C=C(/C=C\C(C)(C)C(C)(C)C)S(C)(c1ccc(C(C)(C)C)cc1)c1ccc(C(C)(C)C)cc1. The topological polar surface area (TPSA) is 0 Å². The van der Waals surface area contributed by atoms with Gasteiger partial charge in [-0.15, -0.1) is 0 Å². The van der Waals surface area contributed by atoms with Gasteiger partial charge in [-0.05, 0) is 78.0 Å². The van der Waals surface area contributed by atoms with Gasteiger partial charge in [0.15, 0.2) is 0 Å². The molecule has 0 radical (unpaired) electrons. The summed E-state index contributed by atoms with van der Waals surface area (Å²) in [5.41, 5.74) is 3.27. The maximum absolute atomic E-state index is 4.66. The minimum absolute atomic E-state index is 0.0719. The van der Waals surface area contributed by atoms with Crippen LogP contribution in [0.1, 0.15) is 87.3 Å². The van der Waals surface area contributed by atoms with Crippen molar-refractivity contribution in [2.75, 3.05) is 6.26 Å². The summed E-state index contributed by atoms with van der Waals surface area (Å²) in [5, 5.41) is 0. The zero-order chi connectivity index (χ0) is 25.5. The summed E-state index contributed by atoms with van der Waals surface area (Å²) >= 11 is 0. The number of hydrogen-bond acceptors (Lipinski definition) is 0. The van der Waals surface area contributed by atoms with E-state index < -0.39 is 10.0 Å². The molecule has 2 aromatic rings. The molecule has 0 saturated carbocycles. The molecule has 2 aromatic carbocycles. The highest BCUT2D eigenvalue weighted by molar-refractivity contribution is 8.36. The molecule has 0 unspecified atom stereocenters. The lowest BCUT2D eigenvalue weighted by molar-refractivity contribution is 0.193. The van der Waals surface area contributed by atoms with E-state index in [4.69, 9.17) is 0 Å². The second-order valence-corrected chi connectivity index (χ2v) is 16.5. The molecule has 0 aliphatic rings. The fourth-order valence-electron chi connectivity index (χ4n) is 3.58. The van der Waals surface area contributed by atoms with Crippen molar-refractivity contribution in [3.05, 3.63) is 83.3 Å². The van der Waals surface area contributed by atoms with Crippen LogP contribution >= 0.6 is 10.0 Å². The van der Waals surface area contributed by atoms with Crippen molar-refractivity contribution in [2.24, 2.45) is 10.8 Å². The third-order valence-corrected chi connectivity index (χ3v) is 11.1. The number of benzene rings is 2. The monoisotopic (exact) mass is 464 g/mol. The van der Waals surface area contributed by atoms with E-state index in [1.165, 1.54) is 25.8 Å². The molecule has 1 heteroatoms. The Morgan fingerprint density at radius 2 is 0.970 bits per heavy atom. The molecule has 0 atom stereocenters. The second-order valence-electron chi connectivity index (χ2n) is 13.2. The van der Waals surface area contributed by atoms with Gasteiger partial charge >= 0.3 is 0 Å². The summed E-state index contributed by atoms with van der Waals surface area (Å²) in [6, 6.07) is 18.6. The minimum atomic E-state index is -1.45. The molecule has 182 valence electrons. The van der Waals surface area contributed by atoms with Crippen LogP contribution in [0.25, 0.3) is 0 Å². The zero-order valence-corrected chi connectivity index (χ0v) is 24.2. The van der Waals surface area contributed by atoms with E-state index in [1.54, 1.807) is 0 Å². The fraction of sp³-hybridized carbons (Fsp3) is 0.500. The Morgan fingerprint density at radius 1 is 0.636 bits per heavy atom. The van der Waals surface area contributed by atoms with Crippen LogP contribution in [0.2, 0.25) is 0 Å². The molecular formula is C32H48S. The van der Waals surface area contributed by atoms with E-state index in [0.717, 1.165) is 0 Å². The van der Waals surface area contributed by atoms with E-state index in [0.29, 0.717) is 0 Å². The van der Waals surface area contributed by atoms with Crippen LogP contribution in [0.3, 0.4) is 0 Å². The number of allylic oxidation sites excluding steroid dienone is 2. The summed E-state index contributed by atoms with van der Waals surface area (Å²) in [4.78, 5) is 3.93. The molecule has 0 spiro atoms. The van der Waals surface area contributed by atoms with Gasteiger partial charge in [0.2, 0.25) is 0 Å². The lowest BCUT2D eigenvalue weighted by atomic mass is 9.69. The minimum Gasteiger partial charge on any atom is -0.164 e. The Kier molecular flexibility index (Phi) is 7.62. The van der Waals surface area contributed by atoms with Gasteiger partial charge in [-0.2, -0.15) is 10.0 Å². The van der Waals surface area contributed by atoms with Gasteiger partial charge in [-0.3, -0.25) is 0 Å². The molecule has 0 aliphatic carbocycles. The summed E-state index contributed by atoms with van der Waals surface area (Å²) < 4.78 is 0. The van der Waals surface area contributed by atoms with Crippen molar-refractivity contribution < 1.29 is 0 Å². The third-order valence-electron chi connectivity index (χ3n) is 7.53. The normalized spacial score (nSPS) is 14.5. The first-order valence-corrected chi connectivity index (χ1v) is 14.2. The van der Waals surface area contributed by atoms with Crippen LogP contribution in [-0.4, -0.2) is 6.26 Å². The fourth-order valence-corrected chi connectivity index (χ4v) is 6.16. The zero-order valence-electron chi connectivity index (χ0n) is 23.4. The van der Waals surface area contributed by atoms with Crippen LogP contribution < -0.4 is 0 Å². The summed E-state index contributed by atoms with van der Waals surface area (Å²) in [6.45, 7) is 29.9. The van der Waals surface area contributed by atoms with Gasteiger partial charge in [0, 0.05) is 0 Å². The van der Waals surface area contributed by atoms with E-state index in [-0.39, 0.29) is 21.7 Å². The van der Waals surface area contributed by atoms with Crippen LogP contribution in [0, 0.1) is 10.8 Å². The molecule has 0 fully saturated rings. The third kappa shape index (κ3) is 6.04. The Morgan fingerprint density at radius 3 is 1.24 bits per heavy atom. The molecule has 0 aliphatic heterocycles. The largest absolute Gasteiger partial charge is 0.164 e. The number of hydrogen-bond donors (Lipinski definition) is 0. The van der Waals surface area contributed by atoms with Crippen molar-refractivity contribution >= 4 is 10.0 Å². The van der Waals surface area contributed by atoms with Crippen LogP contribution in [0.15, 0.2) is 82.0 Å². The summed E-state index contributed by atoms with van der Waals surface area (Å²) in [5.74, 6) is 0. The van der Waals surface area contributed by atoms with Crippen LogP contribution in [-0.2, 0) is 10.8 Å². The van der Waals surface area contributed by atoms with E-state index in [1.807, 2.05) is 0 Å². The smallest absolute Gasteiger partial charge is 0.00212 e. The van der Waals surface area contributed by atoms with E-state index >= 15 is 0 Å². The predicted octanol–water partition coefficient (Wildman–Crippen LogP) is 10.3. The average molecular weight is 465 g/mol. The summed E-state index contributed by atoms with van der Waals surface area (Å²) in [6.07, 6.45) is 7.07. The van der Waals surface area contributed by atoms with Gasteiger partial charge in [0.1, 0.15) is 0 Å². The van der Waals surface area contributed by atoms with Gasteiger partial charge in [-0.25, -0.2) is 0 Å². The lowest BCUT2D eigenvalue weighted by Gasteiger charge is -2.40. The molecule has 0 nitrogen and oxygen atoms in total. The van der Waals surface area contributed by atoms with Crippen molar-refractivity contribution in [3.63, 3.8) is 0 Å². The van der Waals surface area contributed by atoms with E-state index in [9.17, 15) is 0 Å². The number of rotatable bonds is 5. The highest BCUT2D eigenvalue weighted by atomic mass is 32.3. The standard InChI is InChI=1S/C32H48S/c1-24(22-23-32(11,12)31(8,9)10)33(13,27-18-14-25(15-19-27)29(2,3)4)28-20-16-26(17-21-28)30(5,6)7/h14-23H,1H2,2-13H3/b23-22-. The maximum Gasteiger partial charge on any atom is -0.00212 e. The molecule has 0 amide bonds. The molecular weight excluding hydrogens is 416 g/mol. The lowest BCUT2D eigenvalue weighted by Crippen LogP contribution is -2.27. The first-order valence-electron chi connectivity index (χ1n) is 12.2.